The summed E-state index contributed by atoms with van der Waals surface area (Å²) < 4.78 is 7.35. The molecule has 9 aromatic rings. The standard InChI is InChI=1S/C42H29N3/c1-3-13-28(14-4-1)43-36-20-10-8-18-32(36)35-27-30(23-25-39(35)43)44-38-22-12-9-19-34(38)41-40(44)26-24-33-31-17-7-11-21-37(31)45(42(33)41)29-15-5-2-6-16-29/h1-6,8-16,18-27H,7,17H2. The van der Waals surface area contributed by atoms with Gasteiger partial charge >= 0.3 is 0 Å². The minimum Gasteiger partial charge on any atom is -0.309 e. The van der Waals surface area contributed by atoms with Gasteiger partial charge in [0, 0.05) is 49.7 Å². The molecule has 3 nitrogen and oxygen atoms in total. The number of fused-ring (bicyclic) bond motifs is 10. The third-order valence-corrected chi connectivity index (χ3v) is 9.69. The number of hydrogen-bond donors (Lipinski definition) is 0. The fraction of sp³-hybridized carbons (Fsp3) is 0.0476. The summed E-state index contributed by atoms with van der Waals surface area (Å²) in [6.45, 7) is 0. The Morgan fingerprint density at radius 3 is 1.80 bits per heavy atom. The normalized spacial score (nSPS) is 13.1. The van der Waals surface area contributed by atoms with Crippen LogP contribution in [0.25, 0.3) is 77.7 Å². The van der Waals surface area contributed by atoms with Gasteiger partial charge in [-0.05, 0) is 85.1 Å². The number of para-hydroxylation sites is 4. The highest BCUT2D eigenvalue weighted by molar-refractivity contribution is 6.22. The van der Waals surface area contributed by atoms with Gasteiger partial charge in [0.25, 0.3) is 0 Å². The molecule has 0 bridgehead atoms. The van der Waals surface area contributed by atoms with E-state index in [0.29, 0.717) is 0 Å². The molecule has 3 heterocycles. The zero-order chi connectivity index (χ0) is 29.5. The van der Waals surface area contributed by atoms with E-state index >= 15 is 0 Å². The van der Waals surface area contributed by atoms with Gasteiger partial charge in [-0.25, -0.2) is 0 Å². The van der Waals surface area contributed by atoms with E-state index in [0.717, 1.165) is 12.8 Å². The second-order valence-electron chi connectivity index (χ2n) is 12.1. The van der Waals surface area contributed by atoms with Gasteiger partial charge < -0.3 is 13.7 Å². The van der Waals surface area contributed by atoms with Crippen molar-refractivity contribution >= 4 is 60.6 Å². The molecule has 0 saturated heterocycles. The first-order valence-corrected chi connectivity index (χ1v) is 15.8. The lowest BCUT2D eigenvalue weighted by Gasteiger charge is -2.12. The molecule has 6 aromatic carbocycles. The first kappa shape index (κ1) is 24.6. The Balaban J connectivity index is 1.32. The first-order chi connectivity index (χ1) is 22.4. The second-order valence-corrected chi connectivity index (χ2v) is 12.1. The van der Waals surface area contributed by atoms with E-state index in [1.165, 1.54) is 82.8 Å². The van der Waals surface area contributed by atoms with E-state index in [1.54, 1.807) is 0 Å². The van der Waals surface area contributed by atoms with Crippen molar-refractivity contribution in [1.29, 1.82) is 0 Å². The Hall–Kier alpha value is -5.80. The SMILES string of the molecule is C1=Cc2c(c3ccc4c(c5ccccc5n4-c4ccc5c(c4)c4ccccc4n5-c4ccccc4)c3n2-c2ccccc2)CC1. The smallest absolute Gasteiger partial charge is 0.0637 e. The summed E-state index contributed by atoms with van der Waals surface area (Å²) in [7, 11) is 0. The molecular formula is C42H29N3. The molecule has 1 aliphatic carbocycles. The molecule has 0 fully saturated rings. The van der Waals surface area contributed by atoms with Crippen molar-refractivity contribution in [3.63, 3.8) is 0 Å². The maximum Gasteiger partial charge on any atom is 0.0637 e. The highest BCUT2D eigenvalue weighted by Crippen LogP contribution is 2.43. The van der Waals surface area contributed by atoms with Crippen LogP contribution in [0.2, 0.25) is 0 Å². The molecule has 0 aliphatic heterocycles. The van der Waals surface area contributed by atoms with Crippen LogP contribution < -0.4 is 0 Å². The van der Waals surface area contributed by atoms with Crippen molar-refractivity contribution in [1.82, 2.24) is 13.7 Å². The highest BCUT2D eigenvalue weighted by Gasteiger charge is 2.24. The van der Waals surface area contributed by atoms with E-state index in [4.69, 9.17) is 0 Å². The molecule has 0 amide bonds. The lowest BCUT2D eigenvalue weighted by molar-refractivity contribution is 0.968. The number of hydrogen-bond acceptors (Lipinski definition) is 0. The molecule has 1 aliphatic rings. The van der Waals surface area contributed by atoms with Crippen LogP contribution in [0, 0.1) is 0 Å². The lowest BCUT2D eigenvalue weighted by atomic mass is 10.00. The molecule has 45 heavy (non-hydrogen) atoms. The van der Waals surface area contributed by atoms with Gasteiger partial charge in [-0.1, -0.05) is 84.9 Å². The minimum absolute atomic E-state index is 1.06. The van der Waals surface area contributed by atoms with Crippen LogP contribution in [-0.2, 0) is 6.42 Å². The monoisotopic (exact) mass is 575 g/mol. The summed E-state index contributed by atoms with van der Waals surface area (Å²) in [6.07, 6.45) is 6.79. The van der Waals surface area contributed by atoms with Gasteiger partial charge in [0.15, 0.2) is 0 Å². The summed E-state index contributed by atoms with van der Waals surface area (Å²) in [5.41, 5.74) is 12.5. The van der Waals surface area contributed by atoms with Gasteiger partial charge in [0.2, 0.25) is 0 Å². The first-order valence-electron chi connectivity index (χ1n) is 15.8. The second kappa shape index (κ2) is 9.35. The minimum atomic E-state index is 1.06. The van der Waals surface area contributed by atoms with Crippen molar-refractivity contribution in [2.24, 2.45) is 0 Å². The van der Waals surface area contributed by atoms with Crippen molar-refractivity contribution < 1.29 is 0 Å². The third-order valence-electron chi connectivity index (χ3n) is 9.69. The number of rotatable bonds is 3. The van der Waals surface area contributed by atoms with Crippen molar-refractivity contribution in [2.45, 2.75) is 12.8 Å². The topological polar surface area (TPSA) is 14.8 Å². The highest BCUT2D eigenvalue weighted by atomic mass is 15.0. The van der Waals surface area contributed by atoms with Crippen molar-refractivity contribution in [3.05, 3.63) is 157 Å². The quantitative estimate of drug-likeness (QED) is 0.199. The van der Waals surface area contributed by atoms with E-state index < -0.39 is 0 Å². The average Bonchev–Trinajstić information content (AvgIpc) is 3.74. The van der Waals surface area contributed by atoms with Crippen LogP contribution in [0.3, 0.4) is 0 Å². The van der Waals surface area contributed by atoms with Gasteiger partial charge in [-0.15, -0.1) is 0 Å². The number of aryl methyl sites for hydroxylation is 1. The lowest BCUT2D eigenvalue weighted by Crippen LogP contribution is -2.00. The van der Waals surface area contributed by atoms with Crippen LogP contribution in [-0.4, -0.2) is 13.7 Å². The van der Waals surface area contributed by atoms with Crippen LogP contribution in [0.4, 0.5) is 0 Å². The molecule has 3 aromatic heterocycles. The van der Waals surface area contributed by atoms with Crippen LogP contribution in [0.5, 0.6) is 0 Å². The molecule has 10 rings (SSSR count). The summed E-state index contributed by atoms with van der Waals surface area (Å²) in [5.74, 6) is 0. The number of nitrogens with zero attached hydrogens (tertiary/aromatic N) is 3. The fourth-order valence-corrected chi connectivity index (χ4v) is 7.85. The molecule has 0 atom stereocenters. The zero-order valence-corrected chi connectivity index (χ0v) is 24.7. The largest absolute Gasteiger partial charge is 0.309 e. The van der Waals surface area contributed by atoms with Gasteiger partial charge in [-0.3, -0.25) is 0 Å². The fourth-order valence-electron chi connectivity index (χ4n) is 7.85. The van der Waals surface area contributed by atoms with Gasteiger partial charge in [0.05, 0.1) is 27.6 Å². The van der Waals surface area contributed by atoms with E-state index in [2.05, 4.69) is 165 Å². The van der Waals surface area contributed by atoms with Crippen molar-refractivity contribution in [3.8, 4) is 17.1 Å². The summed E-state index contributed by atoms with van der Waals surface area (Å²) in [4.78, 5) is 0. The van der Waals surface area contributed by atoms with E-state index in [9.17, 15) is 0 Å². The Bertz CT molecular complexity index is 2630. The van der Waals surface area contributed by atoms with E-state index in [1.807, 2.05) is 0 Å². The van der Waals surface area contributed by atoms with Crippen LogP contribution >= 0.6 is 0 Å². The van der Waals surface area contributed by atoms with E-state index in [-0.39, 0.29) is 0 Å². The molecule has 0 radical (unpaired) electrons. The Labute approximate surface area is 260 Å². The van der Waals surface area contributed by atoms with Crippen LogP contribution in [0.15, 0.2) is 146 Å². The molecule has 0 N–H and O–H groups in total. The summed E-state index contributed by atoms with van der Waals surface area (Å²) in [6, 6.07) is 50.9. The maximum atomic E-state index is 2.50. The average molecular weight is 576 g/mol. The molecule has 0 saturated carbocycles. The maximum absolute atomic E-state index is 2.50. The third kappa shape index (κ3) is 3.41. The molecule has 3 heteroatoms. The Kier molecular flexibility index (Phi) is 5.11. The Morgan fingerprint density at radius 1 is 0.422 bits per heavy atom. The predicted octanol–water partition coefficient (Wildman–Crippen LogP) is 10.8. The Morgan fingerprint density at radius 2 is 1.02 bits per heavy atom. The van der Waals surface area contributed by atoms with Gasteiger partial charge in [0.1, 0.15) is 0 Å². The summed E-state index contributed by atoms with van der Waals surface area (Å²) in [5, 5.41) is 6.46. The molecule has 0 unspecified atom stereocenters. The molecule has 0 spiro atoms. The van der Waals surface area contributed by atoms with Crippen LogP contribution in [0.1, 0.15) is 17.7 Å². The number of aromatic nitrogens is 3. The molecule has 212 valence electrons. The number of allylic oxidation sites excluding steroid dienone is 1. The van der Waals surface area contributed by atoms with Gasteiger partial charge in [-0.2, -0.15) is 0 Å². The summed E-state index contributed by atoms with van der Waals surface area (Å²) >= 11 is 0. The van der Waals surface area contributed by atoms with Crippen molar-refractivity contribution in [2.75, 3.05) is 0 Å². The number of benzene rings is 6. The molecular weight excluding hydrogens is 546 g/mol. The predicted molar refractivity (Wildman–Crippen MR) is 189 cm³/mol. The zero-order valence-electron chi connectivity index (χ0n) is 24.7.